The zero-order valence-electron chi connectivity index (χ0n) is 8.32. The van der Waals surface area contributed by atoms with Crippen LogP contribution in [-0.4, -0.2) is 29.0 Å². The standard InChI is InChI=1S/C8H8N5O2S/c1-6-2-4-7(5-3-6)16(14,15)11-8-9-12-13-10-8/h2-5H,1H3,(H-,9,10,11,12,13)/q-1. The van der Waals surface area contributed by atoms with Crippen molar-refractivity contribution >= 4 is 16.0 Å². The second kappa shape index (κ2) is 3.89. The summed E-state index contributed by atoms with van der Waals surface area (Å²) in [5.41, 5.74) is 0.971. The van der Waals surface area contributed by atoms with Crippen molar-refractivity contribution in [2.75, 3.05) is 0 Å². The summed E-state index contributed by atoms with van der Waals surface area (Å²) in [4.78, 5) is 0.0999. The molecule has 2 aromatic rings. The van der Waals surface area contributed by atoms with E-state index in [4.69, 9.17) is 0 Å². The third kappa shape index (κ3) is 2.16. The number of tetrazole rings is 1. The predicted octanol–water partition coefficient (Wildman–Crippen LogP) is 0.902. The number of aryl methyl sites for hydroxylation is 1. The molecule has 0 saturated heterocycles. The molecular weight excluding hydrogens is 230 g/mol. The van der Waals surface area contributed by atoms with Crippen molar-refractivity contribution in [2.45, 2.75) is 11.8 Å². The first kappa shape index (κ1) is 10.6. The first-order valence-corrected chi connectivity index (χ1v) is 5.80. The molecule has 0 radical (unpaired) electrons. The van der Waals surface area contributed by atoms with Crippen LogP contribution in [-0.2, 0) is 10.0 Å². The Labute approximate surface area is 91.9 Å². The smallest absolute Gasteiger partial charge is 0.229 e. The summed E-state index contributed by atoms with van der Waals surface area (Å²) < 4.78 is 26.9. The number of nitrogens with one attached hydrogen (secondary N) is 1. The van der Waals surface area contributed by atoms with Gasteiger partial charge in [-0.05, 0) is 19.1 Å². The minimum atomic E-state index is -3.76. The van der Waals surface area contributed by atoms with E-state index in [-0.39, 0.29) is 10.8 Å². The van der Waals surface area contributed by atoms with Crippen LogP contribution in [0, 0.1) is 6.92 Å². The quantitative estimate of drug-likeness (QED) is 0.855. The lowest BCUT2D eigenvalue weighted by Gasteiger charge is -2.08. The lowest BCUT2D eigenvalue weighted by atomic mass is 10.2. The molecule has 0 aliphatic rings. The number of nitrogens with zero attached hydrogens (tertiary/aromatic N) is 4. The maximum absolute atomic E-state index is 11.7. The molecule has 0 unspecified atom stereocenters. The van der Waals surface area contributed by atoms with Gasteiger partial charge in [0.25, 0.3) is 0 Å². The van der Waals surface area contributed by atoms with Gasteiger partial charge in [-0.2, -0.15) is 0 Å². The summed E-state index contributed by atoms with van der Waals surface area (Å²) in [6.07, 6.45) is 0. The predicted molar refractivity (Wildman–Crippen MR) is 55.6 cm³/mol. The first-order chi connectivity index (χ1) is 7.58. The fraction of sp³-hybridized carbons (Fsp3) is 0.125. The molecule has 0 atom stereocenters. The average molecular weight is 238 g/mol. The van der Waals surface area contributed by atoms with Gasteiger partial charge in [-0.25, -0.2) is 8.42 Å². The van der Waals surface area contributed by atoms with Gasteiger partial charge < -0.3 is 0 Å². The van der Waals surface area contributed by atoms with Gasteiger partial charge in [0.15, 0.2) is 0 Å². The van der Waals surface area contributed by atoms with Gasteiger partial charge in [-0.3, -0.25) is 20.1 Å². The molecule has 0 saturated carbocycles. The topological polar surface area (TPSA) is 103 Å². The van der Waals surface area contributed by atoms with Crippen LogP contribution in [0.3, 0.4) is 0 Å². The van der Waals surface area contributed by atoms with E-state index in [2.05, 4.69) is 25.3 Å². The molecule has 8 heteroatoms. The van der Waals surface area contributed by atoms with Crippen LogP contribution < -0.4 is 0 Å². The van der Waals surface area contributed by atoms with Crippen molar-refractivity contribution in [3.05, 3.63) is 34.6 Å². The molecule has 1 N–H and O–H groups in total. The Hall–Kier alpha value is -1.96. The number of hydrogen-bond acceptors (Lipinski definition) is 5. The Balaban J connectivity index is 2.29. The minimum Gasteiger partial charge on any atom is -0.278 e. The summed E-state index contributed by atoms with van der Waals surface area (Å²) in [5.74, 6) is -0.208. The molecule has 0 aliphatic heterocycles. The van der Waals surface area contributed by atoms with E-state index in [0.29, 0.717) is 0 Å². The molecule has 1 heterocycles. The Morgan fingerprint density at radius 3 is 2.50 bits per heavy atom. The molecule has 84 valence electrons. The summed E-state index contributed by atoms with van der Waals surface area (Å²) in [6.45, 7) is 1.87. The van der Waals surface area contributed by atoms with E-state index in [1.54, 1.807) is 12.1 Å². The highest BCUT2D eigenvalue weighted by molar-refractivity contribution is 7.94. The summed E-state index contributed by atoms with van der Waals surface area (Å²) in [7, 11) is -3.76. The van der Waals surface area contributed by atoms with Crippen molar-refractivity contribution < 1.29 is 8.42 Å². The summed E-state index contributed by atoms with van der Waals surface area (Å²) >= 11 is 0. The van der Waals surface area contributed by atoms with Crippen LogP contribution in [0.15, 0.2) is 29.2 Å². The molecule has 0 bridgehead atoms. The SMILES string of the molecule is Cc1ccc(S(=O)(=O)[N-]c2nn[nH]n2)cc1. The number of sulfonamides is 1. The molecule has 7 nitrogen and oxygen atoms in total. The normalized spacial score (nSPS) is 11.3. The molecule has 0 fully saturated rings. The fourth-order valence-electron chi connectivity index (χ4n) is 1.07. The van der Waals surface area contributed by atoms with Crippen LogP contribution in [0.2, 0.25) is 0 Å². The molecule has 1 aromatic carbocycles. The van der Waals surface area contributed by atoms with E-state index >= 15 is 0 Å². The van der Waals surface area contributed by atoms with Crippen LogP contribution >= 0.6 is 0 Å². The Bertz CT molecular complexity index is 561. The van der Waals surface area contributed by atoms with Gasteiger partial charge in [-0.1, -0.05) is 17.7 Å². The van der Waals surface area contributed by atoms with Crippen molar-refractivity contribution in [1.82, 2.24) is 20.6 Å². The number of aromatic nitrogens is 4. The van der Waals surface area contributed by atoms with Gasteiger partial charge in [0, 0.05) is 0 Å². The van der Waals surface area contributed by atoms with Gasteiger partial charge in [0.2, 0.25) is 10.0 Å². The second-order valence-corrected chi connectivity index (χ2v) is 4.70. The molecular formula is C8H8N5O2S-. The van der Waals surface area contributed by atoms with Gasteiger partial charge in [-0.15, -0.1) is 5.21 Å². The number of hydrogen-bond donors (Lipinski definition) is 1. The van der Waals surface area contributed by atoms with Crippen molar-refractivity contribution in [3.8, 4) is 0 Å². The second-order valence-electron chi connectivity index (χ2n) is 3.09. The van der Waals surface area contributed by atoms with Crippen molar-refractivity contribution in [1.29, 1.82) is 0 Å². The van der Waals surface area contributed by atoms with Crippen LogP contribution in [0.4, 0.5) is 5.95 Å². The average Bonchev–Trinajstić information content (AvgIpc) is 2.70. The molecule has 0 aliphatic carbocycles. The third-order valence-corrected chi connectivity index (χ3v) is 3.13. The zero-order valence-corrected chi connectivity index (χ0v) is 9.14. The number of benzene rings is 1. The largest absolute Gasteiger partial charge is 0.278 e. The van der Waals surface area contributed by atoms with Crippen molar-refractivity contribution in [3.63, 3.8) is 0 Å². The highest BCUT2D eigenvalue weighted by Gasteiger charge is 2.11. The summed E-state index contributed by atoms with van der Waals surface area (Å²) in [6, 6.07) is 6.35. The van der Waals surface area contributed by atoms with Crippen molar-refractivity contribution in [2.24, 2.45) is 0 Å². The highest BCUT2D eigenvalue weighted by Crippen LogP contribution is 2.22. The molecule has 2 rings (SSSR count). The van der Waals surface area contributed by atoms with E-state index in [9.17, 15) is 8.42 Å². The van der Waals surface area contributed by atoms with Gasteiger partial charge in [0.1, 0.15) is 0 Å². The van der Waals surface area contributed by atoms with Crippen LogP contribution in [0.1, 0.15) is 5.56 Å². The van der Waals surface area contributed by atoms with E-state index in [1.165, 1.54) is 12.1 Å². The lowest BCUT2D eigenvalue weighted by molar-refractivity contribution is 0.603. The van der Waals surface area contributed by atoms with Gasteiger partial charge in [0.05, 0.1) is 10.8 Å². The maximum atomic E-state index is 11.7. The molecule has 1 aromatic heterocycles. The molecule has 16 heavy (non-hydrogen) atoms. The van der Waals surface area contributed by atoms with E-state index in [0.717, 1.165) is 5.56 Å². The molecule has 0 spiro atoms. The van der Waals surface area contributed by atoms with E-state index < -0.39 is 10.0 Å². The Morgan fingerprint density at radius 2 is 1.94 bits per heavy atom. The lowest BCUT2D eigenvalue weighted by Crippen LogP contribution is -1.98. The van der Waals surface area contributed by atoms with Crippen LogP contribution in [0.25, 0.3) is 4.72 Å². The minimum absolute atomic E-state index is 0.0999. The molecule has 0 amide bonds. The Kier molecular flexibility index (Phi) is 2.57. The first-order valence-electron chi connectivity index (χ1n) is 4.36. The monoisotopic (exact) mass is 238 g/mol. The summed E-state index contributed by atoms with van der Waals surface area (Å²) in [5, 5.41) is 12.2. The fourth-order valence-corrected chi connectivity index (χ4v) is 1.94. The Morgan fingerprint density at radius 1 is 1.25 bits per heavy atom. The maximum Gasteiger partial charge on any atom is 0.229 e. The van der Waals surface area contributed by atoms with E-state index in [1.807, 2.05) is 6.92 Å². The van der Waals surface area contributed by atoms with Crippen LogP contribution in [0.5, 0.6) is 0 Å². The van der Waals surface area contributed by atoms with Gasteiger partial charge >= 0.3 is 0 Å². The number of aromatic amines is 1. The number of H-pyrrole nitrogens is 1. The zero-order chi connectivity index (χ0) is 11.6. The third-order valence-electron chi connectivity index (χ3n) is 1.85. The highest BCUT2D eigenvalue weighted by atomic mass is 32.2. The number of rotatable bonds is 3.